The third-order valence-corrected chi connectivity index (χ3v) is 5.20. The fourth-order valence-electron chi connectivity index (χ4n) is 3.34. The molecule has 28 heavy (non-hydrogen) atoms. The maximum atomic E-state index is 12.1. The van der Waals surface area contributed by atoms with Gasteiger partial charge in [0, 0.05) is 38.6 Å². The highest BCUT2D eigenvalue weighted by Gasteiger charge is 2.16. The van der Waals surface area contributed by atoms with Crippen LogP contribution in [0.3, 0.4) is 0 Å². The molecule has 2 aromatic heterocycles. The van der Waals surface area contributed by atoms with Crippen molar-refractivity contribution in [2.45, 2.75) is 13.5 Å². The molecule has 0 bridgehead atoms. The molecule has 0 unspecified atom stereocenters. The molecule has 4 rings (SSSR count). The summed E-state index contributed by atoms with van der Waals surface area (Å²) in [5, 5.41) is 3.05. The van der Waals surface area contributed by atoms with Gasteiger partial charge in [-0.15, -0.1) is 0 Å². The monoisotopic (exact) mass is 413 g/mol. The number of anilines is 1. The summed E-state index contributed by atoms with van der Waals surface area (Å²) in [5.74, 6) is -0.452. The molecule has 7 heteroatoms. The highest BCUT2D eigenvalue weighted by Crippen LogP contribution is 2.32. The van der Waals surface area contributed by atoms with E-state index < -0.39 is 5.97 Å². The Balaban J connectivity index is 1.94. The van der Waals surface area contributed by atoms with Gasteiger partial charge >= 0.3 is 5.97 Å². The first-order chi connectivity index (χ1) is 13.5. The van der Waals surface area contributed by atoms with Gasteiger partial charge in [0.2, 0.25) is 0 Å². The lowest BCUT2D eigenvalue weighted by molar-refractivity contribution is 0.0519. The van der Waals surface area contributed by atoms with Crippen molar-refractivity contribution in [3.8, 4) is 0 Å². The molecule has 0 fully saturated rings. The molecule has 0 spiro atoms. The SMILES string of the molecule is CCOC(=O)c1cc2c3cc(N)ccc3n(Cc3cc(Cl)ccc3Cl)c2cn1. The van der Waals surface area contributed by atoms with E-state index in [1.165, 1.54) is 0 Å². The third kappa shape index (κ3) is 3.28. The Morgan fingerprint density at radius 2 is 1.89 bits per heavy atom. The Morgan fingerprint density at radius 1 is 1.11 bits per heavy atom. The summed E-state index contributed by atoms with van der Waals surface area (Å²) in [5.41, 5.74) is 9.63. The molecule has 2 aromatic carbocycles. The molecule has 5 nitrogen and oxygen atoms in total. The number of nitrogen functional groups attached to an aromatic ring is 1. The van der Waals surface area contributed by atoms with E-state index in [-0.39, 0.29) is 5.69 Å². The standard InChI is InChI=1S/C21H17Cl2N3O2/c1-2-28-21(27)18-9-16-15-8-14(24)4-6-19(15)26(20(16)10-25-18)11-12-7-13(22)3-5-17(12)23/h3-10H,2,11,24H2,1H3. The molecular weight excluding hydrogens is 397 g/mol. The predicted octanol–water partition coefficient (Wildman–Crippen LogP) is 5.30. The molecule has 2 heterocycles. The quantitative estimate of drug-likeness (QED) is 0.363. The minimum absolute atomic E-state index is 0.261. The van der Waals surface area contributed by atoms with Crippen LogP contribution in [-0.4, -0.2) is 22.1 Å². The maximum Gasteiger partial charge on any atom is 0.356 e. The van der Waals surface area contributed by atoms with Crippen molar-refractivity contribution in [1.29, 1.82) is 0 Å². The number of nitrogens with zero attached hydrogens (tertiary/aromatic N) is 2. The van der Waals surface area contributed by atoms with Crippen LogP contribution in [-0.2, 0) is 11.3 Å². The Hall–Kier alpha value is -2.76. The van der Waals surface area contributed by atoms with Gasteiger partial charge < -0.3 is 15.0 Å². The lowest BCUT2D eigenvalue weighted by Crippen LogP contribution is -2.07. The van der Waals surface area contributed by atoms with Gasteiger partial charge in [-0.2, -0.15) is 0 Å². The van der Waals surface area contributed by atoms with Gasteiger partial charge in [-0.25, -0.2) is 9.78 Å². The Bertz CT molecular complexity index is 1220. The lowest BCUT2D eigenvalue weighted by atomic mass is 10.1. The molecule has 0 atom stereocenters. The molecule has 0 aliphatic rings. The van der Waals surface area contributed by atoms with E-state index in [2.05, 4.69) is 9.55 Å². The normalized spacial score (nSPS) is 11.2. The van der Waals surface area contributed by atoms with Crippen LogP contribution in [0.25, 0.3) is 21.8 Å². The van der Waals surface area contributed by atoms with E-state index in [4.69, 9.17) is 33.7 Å². The number of halogens is 2. The van der Waals surface area contributed by atoms with E-state index >= 15 is 0 Å². The minimum atomic E-state index is -0.452. The summed E-state index contributed by atoms with van der Waals surface area (Å²) in [6.45, 7) is 2.56. The molecule has 142 valence electrons. The van der Waals surface area contributed by atoms with Crippen LogP contribution in [0.15, 0.2) is 48.7 Å². The van der Waals surface area contributed by atoms with Gasteiger partial charge in [0.05, 0.1) is 18.3 Å². The third-order valence-electron chi connectivity index (χ3n) is 4.60. The fourth-order valence-corrected chi connectivity index (χ4v) is 3.71. The molecular formula is C21H17Cl2N3O2. The second kappa shape index (κ2) is 7.34. The summed E-state index contributed by atoms with van der Waals surface area (Å²) in [7, 11) is 0. The molecule has 0 radical (unpaired) electrons. The smallest absolute Gasteiger partial charge is 0.356 e. The van der Waals surface area contributed by atoms with Crippen LogP contribution in [0.4, 0.5) is 5.69 Å². The number of esters is 1. The van der Waals surface area contributed by atoms with Crippen molar-refractivity contribution in [1.82, 2.24) is 9.55 Å². The van der Waals surface area contributed by atoms with Crippen LogP contribution in [0, 0.1) is 0 Å². The first kappa shape index (κ1) is 18.6. The van der Waals surface area contributed by atoms with Crippen molar-refractivity contribution in [2.24, 2.45) is 0 Å². The first-order valence-corrected chi connectivity index (χ1v) is 9.52. The number of ether oxygens (including phenoxy) is 1. The number of aromatic nitrogens is 2. The van der Waals surface area contributed by atoms with Gasteiger partial charge in [0.1, 0.15) is 5.69 Å². The van der Waals surface area contributed by atoms with E-state index in [1.807, 2.05) is 24.3 Å². The van der Waals surface area contributed by atoms with E-state index in [1.54, 1.807) is 31.3 Å². The lowest BCUT2D eigenvalue weighted by Gasteiger charge is -2.10. The van der Waals surface area contributed by atoms with Crippen LogP contribution >= 0.6 is 23.2 Å². The molecule has 0 saturated heterocycles. The number of pyridine rings is 1. The number of carbonyl (C=O) groups excluding carboxylic acids is 1. The number of carbonyl (C=O) groups is 1. The predicted molar refractivity (Wildman–Crippen MR) is 113 cm³/mol. The maximum absolute atomic E-state index is 12.1. The topological polar surface area (TPSA) is 70.1 Å². The Kier molecular flexibility index (Phi) is 4.87. The van der Waals surface area contributed by atoms with Crippen molar-refractivity contribution in [3.05, 3.63) is 70.0 Å². The van der Waals surface area contributed by atoms with Crippen molar-refractivity contribution in [2.75, 3.05) is 12.3 Å². The second-order valence-electron chi connectivity index (χ2n) is 6.41. The number of fused-ring (bicyclic) bond motifs is 3. The summed E-state index contributed by atoms with van der Waals surface area (Å²) in [6.07, 6.45) is 1.68. The number of benzene rings is 2. The zero-order chi connectivity index (χ0) is 19.8. The van der Waals surface area contributed by atoms with Crippen LogP contribution < -0.4 is 5.73 Å². The van der Waals surface area contributed by atoms with Gasteiger partial charge in [0.25, 0.3) is 0 Å². The molecule has 4 aromatic rings. The van der Waals surface area contributed by atoms with Crippen LogP contribution in [0.1, 0.15) is 23.0 Å². The number of hydrogen-bond donors (Lipinski definition) is 1. The number of rotatable bonds is 4. The highest BCUT2D eigenvalue weighted by molar-refractivity contribution is 6.33. The van der Waals surface area contributed by atoms with Gasteiger partial charge in [-0.05, 0) is 55.0 Å². The summed E-state index contributed by atoms with van der Waals surface area (Å²) < 4.78 is 7.17. The minimum Gasteiger partial charge on any atom is -0.461 e. The van der Waals surface area contributed by atoms with Gasteiger partial charge in [-0.1, -0.05) is 23.2 Å². The first-order valence-electron chi connectivity index (χ1n) is 8.76. The van der Waals surface area contributed by atoms with Crippen LogP contribution in [0.5, 0.6) is 0 Å². The summed E-state index contributed by atoms with van der Waals surface area (Å²) >= 11 is 12.5. The van der Waals surface area contributed by atoms with Gasteiger partial charge in [0.15, 0.2) is 0 Å². The second-order valence-corrected chi connectivity index (χ2v) is 7.25. The van der Waals surface area contributed by atoms with Crippen LogP contribution in [0.2, 0.25) is 10.0 Å². The fraction of sp³-hybridized carbons (Fsp3) is 0.143. The van der Waals surface area contributed by atoms with E-state index in [9.17, 15) is 4.79 Å². The van der Waals surface area contributed by atoms with Crippen molar-refractivity contribution in [3.63, 3.8) is 0 Å². The number of hydrogen-bond acceptors (Lipinski definition) is 4. The largest absolute Gasteiger partial charge is 0.461 e. The molecule has 2 N–H and O–H groups in total. The van der Waals surface area contributed by atoms with Crippen molar-refractivity contribution < 1.29 is 9.53 Å². The molecule has 0 saturated carbocycles. The Labute approximate surface area is 171 Å². The highest BCUT2D eigenvalue weighted by atomic mass is 35.5. The number of nitrogens with two attached hydrogens (primary N) is 1. The van der Waals surface area contributed by atoms with Crippen molar-refractivity contribution >= 4 is 56.7 Å². The molecule has 0 aliphatic carbocycles. The Morgan fingerprint density at radius 3 is 2.68 bits per heavy atom. The van der Waals surface area contributed by atoms with E-state index in [0.29, 0.717) is 28.9 Å². The zero-order valence-corrected chi connectivity index (χ0v) is 16.6. The zero-order valence-electron chi connectivity index (χ0n) is 15.1. The average Bonchev–Trinajstić information content (AvgIpc) is 2.97. The summed E-state index contributed by atoms with van der Waals surface area (Å²) in [4.78, 5) is 16.4. The van der Waals surface area contributed by atoms with Gasteiger partial charge in [-0.3, -0.25) is 0 Å². The average molecular weight is 414 g/mol. The summed E-state index contributed by atoms with van der Waals surface area (Å²) in [6, 6.07) is 12.8. The molecule has 0 amide bonds. The molecule has 0 aliphatic heterocycles. The van der Waals surface area contributed by atoms with E-state index in [0.717, 1.165) is 27.4 Å².